The molecule has 0 saturated carbocycles. The van der Waals surface area contributed by atoms with E-state index in [4.69, 9.17) is 4.74 Å². The van der Waals surface area contributed by atoms with E-state index in [-0.39, 0.29) is 17.9 Å². The molecule has 0 fully saturated rings. The summed E-state index contributed by atoms with van der Waals surface area (Å²) >= 11 is 0. The van der Waals surface area contributed by atoms with Gasteiger partial charge in [0.15, 0.2) is 11.8 Å². The number of nitrogens with one attached hydrogen (secondary N) is 1. The molecule has 6 nitrogen and oxygen atoms in total. The summed E-state index contributed by atoms with van der Waals surface area (Å²) in [5.74, 6) is -2.08. The van der Waals surface area contributed by atoms with Crippen molar-refractivity contribution in [3.63, 3.8) is 0 Å². The van der Waals surface area contributed by atoms with Crippen LogP contribution in [0.1, 0.15) is 24.2 Å². The third-order valence-corrected chi connectivity index (χ3v) is 2.60. The van der Waals surface area contributed by atoms with Gasteiger partial charge in [0.2, 0.25) is 5.91 Å². The fourth-order valence-corrected chi connectivity index (χ4v) is 1.61. The highest BCUT2D eigenvalue weighted by molar-refractivity contribution is 5.94. The Morgan fingerprint density at radius 1 is 1.29 bits per heavy atom. The zero-order chi connectivity index (χ0) is 16.0. The van der Waals surface area contributed by atoms with E-state index >= 15 is 0 Å². The molecule has 1 aromatic carbocycles. The highest BCUT2D eigenvalue weighted by atomic mass is 19.1. The maximum Gasteiger partial charge on any atom is 0.331 e. The van der Waals surface area contributed by atoms with Gasteiger partial charge in [-0.1, -0.05) is 0 Å². The molecule has 0 aliphatic rings. The predicted octanol–water partition coefficient (Wildman–Crippen LogP) is 1.08. The molecule has 21 heavy (non-hydrogen) atoms. The number of Topliss-reactive ketones (excluding diaryl/α,β-unsaturated/α-hetero) is 1. The smallest absolute Gasteiger partial charge is 0.331 e. The summed E-state index contributed by atoms with van der Waals surface area (Å²) in [6.45, 7) is 2.28. The molecule has 0 aliphatic carbocycles. The van der Waals surface area contributed by atoms with Gasteiger partial charge in [-0.25, -0.2) is 9.18 Å². The van der Waals surface area contributed by atoms with Crippen LogP contribution in [0, 0.1) is 5.82 Å². The van der Waals surface area contributed by atoms with Gasteiger partial charge in [0.1, 0.15) is 18.2 Å². The van der Waals surface area contributed by atoms with E-state index in [0.717, 1.165) is 6.07 Å². The molecule has 1 unspecified atom stereocenters. The first-order valence-electron chi connectivity index (χ1n) is 6.13. The van der Waals surface area contributed by atoms with E-state index in [0.29, 0.717) is 0 Å². The molecule has 0 bridgehead atoms. The largest absolute Gasteiger partial charge is 0.491 e. The number of benzene rings is 1. The molecule has 114 valence electrons. The molecular formula is C14H16FNO5. The topological polar surface area (TPSA) is 81.7 Å². The van der Waals surface area contributed by atoms with Crippen LogP contribution in [-0.2, 0) is 14.3 Å². The van der Waals surface area contributed by atoms with Crippen LogP contribution >= 0.6 is 0 Å². The lowest BCUT2D eigenvalue weighted by molar-refractivity contribution is -0.145. The van der Waals surface area contributed by atoms with Gasteiger partial charge in [-0.05, 0) is 19.1 Å². The lowest BCUT2D eigenvalue weighted by atomic mass is 10.1. The fourth-order valence-electron chi connectivity index (χ4n) is 1.61. The molecule has 0 aliphatic heterocycles. The first-order valence-corrected chi connectivity index (χ1v) is 6.13. The Labute approximate surface area is 121 Å². The SMILES string of the molecule is COC(=O)C(COc1ccc(C(C)=O)c(F)c1)NC(C)=O. The van der Waals surface area contributed by atoms with Crippen LogP contribution in [0.3, 0.4) is 0 Å². The number of methoxy groups -OCH3 is 1. The average molecular weight is 297 g/mol. The summed E-state index contributed by atoms with van der Waals surface area (Å²) in [7, 11) is 1.18. The van der Waals surface area contributed by atoms with Crippen molar-refractivity contribution in [2.45, 2.75) is 19.9 Å². The van der Waals surface area contributed by atoms with E-state index in [9.17, 15) is 18.8 Å². The van der Waals surface area contributed by atoms with Crippen LogP contribution < -0.4 is 10.1 Å². The number of esters is 1. The fraction of sp³-hybridized carbons (Fsp3) is 0.357. The van der Waals surface area contributed by atoms with Gasteiger partial charge in [0, 0.05) is 13.0 Å². The molecular weight excluding hydrogens is 281 g/mol. The third kappa shape index (κ3) is 4.87. The highest BCUT2D eigenvalue weighted by Crippen LogP contribution is 2.17. The molecule has 0 aromatic heterocycles. The lowest BCUT2D eigenvalue weighted by Crippen LogP contribution is -2.44. The zero-order valence-electron chi connectivity index (χ0n) is 11.9. The van der Waals surface area contributed by atoms with Gasteiger partial charge < -0.3 is 14.8 Å². The molecule has 1 rings (SSSR count). The third-order valence-electron chi connectivity index (χ3n) is 2.60. The Bertz CT molecular complexity index is 558. The van der Waals surface area contributed by atoms with Gasteiger partial charge in [-0.2, -0.15) is 0 Å². The summed E-state index contributed by atoms with van der Waals surface area (Å²) in [6.07, 6.45) is 0. The number of carbonyl (C=O) groups excluding carboxylic acids is 3. The van der Waals surface area contributed by atoms with Gasteiger partial charge >= 0.3 is 5.97 Å². The first-order chi connectivity index (χ1) is 9.85. The van der Waals surface area contributed by atoms with Gasteiger partial charge in [0.25, 0.3) is 0 Å². The molecule has 7 heteroatoms. The summed E-state index contributed by atoms with van der Waals surface area (Å²) in [5, 5.41) is 2.36. The minimum atomic E-state index is -0.997. The molecule has 0 spiro atoms. The van der Waals surface area contributed by atoms with Crippen LogP contribution in [-0.4, -0.2) is 37.4 Å². The van der Waals surface area contributed by atoms with Crippen LogP contribution in [0.5, 0.6) is 5.75 Å². The van der Waals surface area contributed by atoms with E-state index in [2.05, 4.69) is 10.1 Å². The number of ether oxygens (including phenoxy) is 2. The standard InChI is InChI=1S/C14H16FNO5/c1-8(17)11-5-4-10(6-12(11)15)21-7-13(14(19)20-3)16-9(2)18/h4-6,13H,7H2,1-3H3,(H,16,18). The van der Waals surface area contributed by atoms with E-state index in [1.54, 1.807) is 0 Å². The van der Waals surface area contributed by atoms with Crippen molar-refractivity contribution in [2.24, 2.45) is 0 Å². The quantitative estimate of drug-likeness (QED) is 0.628. The second-order valence-electron chi connectivity index (χ2n) is 4.29. The number of rotatable bonds is 6. The van der Waals surface area contributed by atoms with Crippen LogP contribution in [0.25, 0.3) is 0 Å². The van der Waals surface area contributed by atoms with E-state index in [1.807, 2.05) is 0 Å². The summed E-state index contributed by atoms with van der Waals surface area (Å²) in [4.78, 5) is 33.5. The van der Waals surface area contributed by atoms with Crippen molar-refractivity contribution in [1.29, 1.82) is 0 Å². The van der Waals surface area contributed by atoms with Crippen LogP contribution in [0.15, 0.2) is 18.2 Å². The Morgan fingerprint density at radius 3 is 2.43 bits per heavy atom. The summed E-state index contributed by atoms with van der Waals surface area (Å²) < 4.78 is 23.4. The van der Waals surface area contributed by atoms with Gasteiger partial charge in [-0.15, -0.1) is 0 Å². The number of amides is 1. The first kappa shape index (κ1) is 16.6. The second-order valence-corrected chi connectivity index (χ2v) is 4.29. The van der Waals surface area contributed by atoms with Crippen LogP contribution in [0.4, 0.5) is 4.39 Å². The minimum Gasteiger partial charge on any atom is -0.491 e. The van der Waals surface area contributed by atoms with Gasteiger partial charge in [0.05, 0.1) is 12.7 Å². The minimum absolute atomic E-state index is 0.0475. The van der Waals surface area contributed by atoms with Crippen LogP contribution in [0.2, 0.25) is 0 Å². The molecule has 1 amide bonds. The monoisotopic (exact) mass is 297 g/mol. The molecule has 1 N–H and O–H groups in total. The van der Waals surface area contributed by atoms with Crippen molar-refractivity contribution in [3.05, 3.63) is 29.6 Å². The van der Waals surface area contributed by atoms with Crippen molar-refractivity contribution < 1.29 is 28.2 Å². The predicted molar refractivity (Wildman–Crippen MR) is 71.5 cm³/mol. The molecule has 0 saturated heterocycles. The summed E-state index contributed by atoms with van der Waals surface area (Å²) in [6, 6.07) is 2.74. The Balaban J connectivity index is 2.76. The molecule has 1 atom stereocenters. The maximum atomic E-state index is 13.6. The van der Waals surface area contributed by atoms with Crippen molar-refractivity contribution >= 4 is 17.7 Å². The molecule has 0 heterocycles. The molecule has 0 radical (unpaired) electrons. The Hall–Kier alpha value is -2.44. The van der Waals surface area contributed by atoms with Crippen molar-refractivity contribution in [1.82, 2.24) is 5.32 Å². The number of halogens is 1. The number of ketones is 1. The Morgan fingerprint density at radius 2 is 1.95 bits per heavy atom. The van der Waals surface area contributed by atoms with Crippen molar-refractivity contribution in [3.8, 4) is 5.75 Å². The maximum absolute atomic E-state index is 13.6. The zero-order valence-corrected chi connectivity index (χ0v) is 11.9. The number of hydrogen-bond acceptors (Lipinski definition) is 5. The number of hydrogen-bond donors (Lipinski definition) is 1. The normalized spacial score (nSPS) is 11.4. The Kier molecular flexibility index (Phi) is 5.83. The second kappa shape index (κ2) is 7.37. The van der Waals surface area contributed by atoms with E-state index < -0.39 is 29.5 Å². The van der Waals surface area contributed by atoms with Crippen molar-refractivity contribution in [2.75, 3.05) is 13.7 Å². The van der Waals surface area contributed by atoms with E-state index in [1.165, 1.54) is 33.1 Å². The number of carbonyl (C=O) groups is 3. The average Bonchev–Trinajstić information content (AvgIpc) is 2.41. The highest BCUT2D eigenvalue weighted by Gasteiger charge is 2.21. The lowest BCUT2D eigenvalue weighted by Gasteiger charge is -2.16. The molecule has 1 aromatic rings. The van der Waals surface area contributed by atoms with Gasteiger partial charge in [-0.3, -0.25) is 9.59 Å². The summed E-state index contributed by atoms with van der Waals surface area (Å²) in [5.41, 5.74) is -0.0475.